The summed E-state index contributed by atoms with van der Waals surface area (Å²) in [5, 5.41) is 44.3. The molecule has 0 unspecified atom stereocenters. The molecule has 13 heteroatoms. The monoisotopic (exact) mass is 297 g/mol. The Bertz CT molecular complexity index is 277. The maximum absolute atomic E-state index is 9.10. The third kappa shape index (κ3) is 31.3. The van der Waals surface area contributed by atoms with Crippen molar-refractivity contribution < 1.29 is 59.4 Å². The molecule has 12 nitrogen and oxygen atoms in total. The highest BCUT2D eigenvalue weighted by Gasteiger charge is 2.04. The molecule has 0 amide bonds. The van der Waals surface area contributed by atoms with Crippen LogP contribution in [0.4, 0.5) is 0 Å². The molecule has 0 fully saturated rings. The summed E-state index contributed by atoms with van der Waals surface area (Å²) in [4.78, 5) is 54.6. The fraction of sp³-hybridized carbons (Fsp3) is 0. The summed E-state index contributed by atoms with van der Waals surface area (Å²) >= 11 is 0. The molecular weight excluding hydrogens is 291 g/mol. The fourth-order valence-electron chi connectivity index (χ4n) is 0. The maximum Gasteiger partial charge on any atom is 0.414 e. The fourth-order valence-corrected chi connectivity index (χ4v) is 0. The van der Waals surface area contributed by atoms with Crippen LogP contribution in [0.3, 0.4) is 0 Å². The molecule has 0 saturated heterocycles. The molecule has 0 aromatic rings. The molecule has 6 N–H and O–H groups in total. The van der Waals surface area contributed by atoms with Crippen LogP contribution in [0.15, 0.2) is 0 Å². The van der Waals surface area contributed by atoms with E-state index in [2.05, 4.69) is 0 Å². The van der Waals surface area contributed by atoms with E-state index in [1.54, 1.807) is 0 Å². The van der Waals surface area contributed by atoms with E-state index in [-0.39, 0.29) is 17.4 Å². The minimum absolute atomic E-state index is 0. The van der Waals surface area contributed by atoms with E-state index in [0.29, 0.717) is 0 Å². The smallest absolute Gasteiger partial charge is 0.414 e. The Morgan fingerprint density at radius 2 is 0.421 bits per heavy atom. The Balaban J connectivity index is -0.0000000865. The number of hydrogen-bond donors (Lipinski definition) is 6. The van der Waals surface area contributed by atoms with Crippen molar-refractivity contribution in [3.63, 3.8) is 0 Å². The largest absolute Gasteiger partial charge is 0.473 e. The first-order valence-electron chi connectivity index (χ1n) is 3.32. The lowest BCUT2D eigenvalue weighted by Crippen LogP contribution is -2.09. The molecule has 0 saturated carbocycles. The van der Waals surface area contributed by atoms with Gasteiger partial charge in [0.1, 0.15) is 0 Å². The molecular formula is C6H6AlO12. The zero-order valence-electron chi connectivity index (χ0n) is 8.71. The summed E-state index contributed by atoms with van der Waals surface area (Å²) in [5.41, 5.74) is 0. The SMILES string of the molecule is O=C(O)C(=O)O.O=C(O)C(=O)O.O=C(O)C(=O)O.[Al]. The Morgan fingerprint density at radius 3 is 0.421 bits per heavy atom. The molecule has 0 aromatic heterocycles. The molecule has 0 aliphatic rings. The molecule has 0 aliphatic heterocycles. The van der Waals surface area contributed by atoms with E-state index < -0.39 is 35.8 Å². The lowest BCUT2D eigenvalue weighted by Gasteiger charge is -1.72. The van der Waals surface area contributed by atoms with Gasteiger partial charge in [0.15, 0.2) is 0 Å². The first-order valence-corrected chi connectivity index (χ1v) is 3.32. The predicted octanol–water partition coefficient (Wildman–Crippen LogP) is -2.91. The van der Waals surface area contributed by atoms with E-state index in [4.69, 9.17) is 59.4 Å². The van der Waals surface area contributed by atoms with Gasteiger partial charge in [0.2, 0.25) is 0 Å². The number of hydrogen-bond acceptors (Lipinski definition) is 6. The topological polar surface area (TPSA) is 224 Å². The van der Waals surface area contributed by atoms with Crippen molar-refractivity contribution in [3.8, 4) is 0 Å². The molecule has 0 bridgehead atoms. The van der Waals surface area contributed by atoms with Crippen molar-refractivity contribution in [2.45, 2.75) is 0 Å². The summed E-state index contributed by atoms with van der Waals surface area (Å²) in [5.74, 6) is -10.9. The van der Waals surface area contributed by atoms with Crippen LogP contribution in [0.1, 0.15) is 0 Å². The minimum atomic E-state index is -1.82. The summed E-state index contributed by atoms with van der Waals surface area (Å²) in [6, 6.07) is 0. The summed E-state index contributed by atoms with van der Waals surface area (Å²) in [6.07, 6.45) is 0. The molecule has 105 valence electrons. The van der Waals surface area contributed by atoms with Crippen LogP contribution in [0.5, 0.6) is 0 Å². The van der Waals surface area contributed by atoms with Gasteiger partial charge in [-0.15, -0.1) is 0 Å². The lowest BCUT2D eigenvalue weighted by atomic mass is 10.7. The standard InChI is InChI=1S/3C2H2O4.Al/c3*3-1(4)2(5)6;/h3*(H,3,4)(H,5,6);. The Kier molecular flexibility index (Phi) is 17.8. The number of carboxylic acids is 6. The van der Waals surface area contributed by atoms with Crippen LogP contribution in [-0.2, 0) is 28.8 Å². The van der Waals surface area contributed by atoms with Gasteiger partial charge in [-0.3, -0.25) is 0 Å². The second kappa shape index (κ2) is 13.4. The van der Waals surface area contributed by atoms with Crippen LogP contribution in [0.25, 0.3) is 0 Å². The highest BCUT2D eigenvalue weighted by atomic mass is 27.0. The average molecular weight is 297 g/mol. The predicted molar refractivity (Wildman–Crippen MR) is 51.6 cm³/mol. The summed E-state index contributed by atoms with van der Waals surface area (Å²) in [6.45, 7) is 0. The maximum atomic E-state index is 9.10. The van der Waals surface area contributed by atoms with E-state index in [9.17, 15) is 0 Å². The first-order chi connectivity index (χ1) is 7.93. The number of carboxylic acid groups (broad SMARTS) is 6. The zero-order chi connectivity index (χ0) is 15.5. The van der Waals surface area contributed by atoms with Crippen LogP contribution in [-0.4, -0.2) is 83.8 Å². The number of rotatable bonds is 0. The minimum Gasteiger partial charge on any atom is -0.473 e. The van der Waals surface area contributed by atoms with Crippen molar-refractivity contribution in [2.75, 3.05) is 0 Å². The Labute approximate surface area is 113 Å². The van der Waals surface area contributed by atoms with Gasteiger partial charge in [0.25, 0.3) is 0 Å². The molecule has 0 heterocycles. The summed E-state index contributed by atoms with van der Waals surface area (Å²) < 4.78 is 0. The molecule has 0 aromatic carbocycles. The molecule has 19 heavy (non-hydrogen) atoms. The van der Waals surface area contributed by atoms with Gasteiger partial charge in [-0.05, 0) is 0 Å². The van der Waals surface area contributed by atoms with Crippen LogP contribution < -0.4 is 0 Å². The van der Waals surface area contributed by atoms with Crippen molar-refractivity contribution in [3.05, 3.63) is 0 Å². The van der Waals surface area contributed by atoms with Crippen molar-refractivity contribution in [2.24, 2.45) is 0 Å². The number of aliphatic carboxylic acids is 6. The van der Waals surface area contributed by atoms with Crippen LogP contribution in [0.2, 0.25) is 0 Å². The van der Waals surface area contributed by atoms with Crippen LogP contribution >= 0.6 is 0 Å². The number of carbonyl (C=O) groups is 6. The van der Waals surface area contributed by atoms with E-state index in [0.717, 1.165) is 0 Å². The second-order valence-electron chi connectivity index (χ2n) is 1.83. The average Bonchev–Trinajstić information content (AvgIpc) is 2.18. The lowest BCUT2D eigenvalue weighted by molar-refractivity contribution is -0.159. The van der Waals surface area contributed by atoms with Gasteiger partial charge in [-0.2, -0.15) is 0 Å². The molecule has 0 spiro atoms. The van der Waals surface area contributed by atoms with Crippen molar-refractivity contribution in [1.82, 2.24) is 0 Å². The quantitative estimate of drug-likeness (QED) is 0.195. The normalized spacial score (nSPS) is 6.95. The Hall–Kier alpha value is -2.65. The zero-order valence-corrected chi connectivity index (χ0v) is 9.86. The van der Waals surface area contributed by atoms with Crippen molar-refractivity contribution in [1.29, 1.82) is 0 Å². The summed E-state index contributed by atoms with van der Waals surface area (Å²) in [7, 11) is 0. The van der Waals surface area contributed by atoms with Gasteiger partial charge in [-0.1, -0.05) is 0 Å². The first kappa shape index (κ1) is 25.3. The van der Waals surface area contributed by atoms with Gasteiger partial charge >= 0.3 is 35.8 Å². The highest BCUT2D eigenvalue weighted by molar-refractivity contribution is 6.28. The molecule has 0 rings (SSSR count). The van der Waals surface area contributed by atoms with E-state index in [1.807, 2.05) is 0 Å². The van der Waals surface area contributed by atoms with E-state index in [1.165, 1.54) is 0 Å². The third-order valence-corrected chi connectivity index (χ3v) is 0.549. The van der Waals surface area contributed by atoms with Crippen molar-refractivity contribution >= 4 is 53.2 Å². The molecule has 3 radical (unpaired) electrons. The Morgan fingerprint density at radius 1 is 0.368 bits per heavy atom. The molecule has 0 atom stereocenters. The van der Waals surface area contributed by atoms with Gasteiger partial charge < -0.3 is 30.6 Å². The van der Waals surface area contributed by atoms with Gasteiger partial charge in [0.05, 0.1) is 0 Å². The van der Waals surface area contributed by atoms with Gasteiger partial charge in [-0.25, -0.2) is 28.8 Å². The van der Waals surface area contributed by atoms with Gasteiger partial charge in [0, 0.05) is 17.4 Å². The second-order valence-corrected chi connectivity index (χ2v) is 1.83. The van der Waals surface area contributed by atoms with Crippen LogP contribution in [0, 0.1) is 0 Å². The van der Waals surface area contributed by atoms with E-state index >= 15 is 0 Å². The third-order valence-electron chi connectivity index (χ3n) is 0.549. The molecule has 0 aliphatic carbocycles. The highest BCUT2D eigenvalue weighted by Crippen LogP contribution is 1.57.